The Morgan fingerprint density at radius 1 is 1.38 bits per heavy atom. The van der Waals surface area contributed by atoms with Crippen LogP contribution < -0.4 is 5.32 Å². The van der Waals surface area contributed by atoms with Crippen LogP contribution in [0.3, 0.4) is 0 Å². The van der Waals surface area contributed by atoms with E-state index in [1.54, 1.807) is 23.7 Å². The molecule has 0 aromatic carbocycles. The van der Waals surface area contributed by atoms with Crippen molar-refractivity contribution in [3.63, 3.8) is 0 Å². The fourth-order valence-electron chi connectivity index (χ4n) is 2.55. The van der Waals surface area contributed by atoms with E-state index < -0.39 is 0 Å². The van der Waals surface area contributed by atoms with Gasteiger partial charge >= 0.3 is 0 Å². The predicted octanol–water partition coefficient (Wildman–Crippen LogP) is 1.59. The van der Waals surface area contributed by atoms with Gasteiger partial charge in [0.15, 0.2) is 0 Å². The number of rotatable bonds is 7. The van der Waals surface area contributed by atoms with E-state index in [0.717, 1.165) is 49.1 Å². The Morgan fingerprint density at radius 2 is 2.25 bits per heavy atom. The van der Waals surface area contributed by atoms with Crippen molar-refractivity contribution >= 4 is 17.2 Å². The van der Waals surface area contributed by atoms with E-state index in [4.69, 9.17) is 4.74 Å². The van der Waals surface area contributed by atoms with E-state index >= 15 is 0 Å². The number of nitrogens with zero attached hydrogens (tertiary/aromatic N) is 3. The summed E-state index contributed by atoms with van der Waals surface area (Å²) < 4.78 is 5.31. The second kappa shape index (κ2) is 8.86. The van der Waals surface area contributed by atoms with E-state index in [1.165, 1.54) is 0 Å². The van der Waals surface area contributed by atoms with Crippen LogP contribution in [0.15, 0.2) is 29.9 Å². The summed E-state index contributed by atoms with van der Waals surface area (Å²) in [4.78, 5) is 22.9. The Bertz CT molecular complexity index is 641. The number of carbonyl (C=O) groups excluding carboxylic acids is 1. The summed E-state index contributed by atoms with van der Waals surface area (Å²) in [6.07, 6.45) is 4.69. The minimum absolute atomic E-state index is 0.0826. The van der Waals surface area contributed by atoms with Crippen molar-refractivity contribution < 1.29 is 9.53 Å². The van der Waals surface area contributed by atoms with Crippen LogP contribution in [0.4, 0.5) is 0 Å². The Labute approximate surface area is 145 Å². The van der Waals surface area contributed by atoms with Gasteiger partial charge in [-0.25, -0.2) is 4.98 Å². The van der Waals surface area contributed by atoms with Gasteiger partial charge < -0.3 is 10.1 Å². The van der Waals surface area contributed by atoms with E-state index in [9.17, 15) is 4.79 Å². The van der Waals surface area contributed by atoms with Gasteiger partial charge in [-0.05, 0) is 18.6 Å². The summed E-state index contributed by atoms with van der Waals surface area (Å²) in [6.45, 7) is 5.06. The molecule has 0 unspecified atom stereocenters. The first kappa shape index (κ1) is 17.0. The predicted molar refractivity (Wildman–Crippen MR) is 93.9 cm³/mol. The third-order valence-corrected chi connectivity index (χ3v) is 4.86. The summed E-state index contributed by atoms with van der Waals surface area (Å²) >= 11 is 1.59. The lowest BCUT2D eigenvalue weighted by Crippen LogP contribution is -2.41. The standard InChI is InChI=1S/C17H22N4O2S/c22-16(19-6-7-21-8-10-23-11-9-21)4-3-15-13-24-17(20-15)14-2-1-5-18-12-14/h1-2,5,12-13H,3-4,6-11H2,(H,19,22). The van der Waals surface area contributed by atoms with Gasteiger partial charge in [-0.2, -0.15) is 0 Å². The number of ether oxygens (including phenoxy) is 1. The molecule has 1 aliphatic rings. The Kier molecular flexibility index (Phi) is 6.28. The molecule has 24 heavy (non-hydrogen) atoms. The zero-order valence-electron chi connectivity index (χ0n) is 13.6. The van der Waals surface area contributed by atoms with E-state index in [2.05, 4.69) is 20.2 Å². The Balaban J connectivity index is 1.38. The van der Waals surface area contributed by atoms with Gasteiger partial charge in [0.2, 0.25) is 5.91 Å². The number of nitrogens with one attached hydrogen (secondary N) is 1. The SMILES string of the molecule is O=C(CCc1csc(-c2cccnc2)n1)NCCN1CCOCC1. The summed E-state index contributed by atoms with van der Waals surface area (Å²) in [5, 5.41) is 5.95. The van der Waals surface area contributed by atoms with Gasteiger partial charge in [-0.1, -0.05) is 0 Å². The third kappa shape index (κ3) is 5.09. The summed E-state index contributed by atoms with van der Waals surface area (Å²) in [5.41, 5.74) is 1.98. The Hall–Kier alpha value is -1.83. The number of morpholine rings is 1. The normalized spacial score (nSPS) is 15.3. The first-order valence-corrected chi connectivity index (χ1v) is 9.11. The molecule has 2 aromatic heterocycles. The van der Waals surface area contributed by atoms with E-state index in [0.29, 0.717) is 19.4 Å². The molecule has 1 saturated heterocycles. The molecule has 0 saturated carbocycles. The number of thiazole rings is 1. The van der Waals surface area contributed by atoms with E-state index in [1.807, 2.05) is 17.5 Å². The number of pyridine rings is 1. The molecule has 7 heteroatoms. The van der Waals surface area contributed by atoms with Crippen molar-refractivity contribution in [2.75, 3.05) is 39.4 Å². The van der Waals surface area contributed by atoms with Gasteiger partial charge in [0.25, 0.3) is 0 Å². The quantitative estimate of drug-likeness (QED) is 0.825. The summed E-state index contributed by atoms with van der Waals surface area (Å²) in [6, 6.07) is 3.90. The van der Waals surface area contributed by atoms with Gasteiger partial charge in [0, 0.05) is 55.9 Å². The average molecular weight is 346 g/mol. The molecule has 0 aliphatic carbocycles. The smallest absolute Gasteiger partial charge is 0.220 e. The van der Waals surface area contributed by atoms with Gasteiger partial charge in [-0.3, -0.25) is 14.7 Å². The fraction of sp³-hybridized carbons (Fsp3) is 0.471. The highest BCUT2D eigenvalue weighted by Gasteiger charge is 2.11. The molecule has 0 spiro atoms. The molecule has 0 radical (unpaired) electrons. The lowest BCUT2D eigenvalue weighted by atomic mass is 10.2. The Morgan fingerprint density at radius 3 is 3.04 bits per heavy atom. The third-order valence-electron chi connectivity index (χ3n) is 3.92. The molecule has 0 bridgehead atoms. The monoisotopic (exact) mass is 346 g/mol. The zero-order valence-corrected chi connectivity index (χ0v) is 14.4. The van der Waals surface area contributed by atoms with Gasteiger partial charge in [0.05, 0.1) is 18.9 Å². The number of amides is 1. The second-order valence-electron chi connectivity index (χ2n) is 5.69. The molecule has 3 rings (SSSR count). The second-order valence-corrected chi connectivity index (χ2v) is 6.55. The minimum atomic E-state index is 0.0826. The molecule has 1 amide bonds. The van der Waals surface area contributed by atoms with Crippen LogP contribution >= 0.6 is 11.3 Å². The van der Waals surface area contributed by atoms with Crippen LogP contribution in [0, 0.1) is 0 Å². The maximum absolute atomic E-state index is 11.9. The van der Waals surface area contributed by atoms with Gasteiger partial charge in [-0.15, -0.1) is 11.3 Å². The highest BCUT2D eigenvalue weighted by Crippen LogP contribution is 2.23. The molecule has 6 nitrogen and oxygen atoms in total. The number of aryl methyl sites for hydroxylation is 1. The van der Waals surface area contributed by atoms with E-state index in [-0.39, 0.29) is 5.91 Å². The molecular formula is C17H22N4O2S. The zero-order chi connectivity index (χ0) is 16.6. The molecule has 0 atom stereocenters. The lowest BCUT2D eigenvalue weighted by molar-refractivity contribution is -0.121. The minimum Gasteiger partial charge on any atom is -0.379 e. The molecular weight excluding hydrogens is 324 g/mol. The molecule has 128 valence electrons. The van der Waals surface area contributed by atoms with Crippen LogP contribution in [0.1, 0.15) is 12.1 Å². The van der Waals surface area contributed by atoms with Gasteiger partial charge in [0.1, 0.15) is 5.01 Å². The molecule has 2 aromatic rings. The maximum atomic E-state index is 11.9. The maximum Gasteiger partial charge on any atom is 0.220 e. The van der Waals surface area contributed by atoms with Crippen LogP contribution in [0.5, 0.6) is 0 Å². The largest absolute Gasteiger partial charge is 0.379 e. The molecule has 3 heterocycles. The topological polar surface area (TPSA) is 67.4 Å². The van der Waals surface area contributed by atoms with Crippen molar-refractivity contribution in [1.29, 1.82) is 0 Å². The van der Waals surface area contributed by atoms with Crippen molar-refractivity contribution in [1.82, 2.24) is 20.2 Å². The number of hydrogen-bond acceptors (Lipinski definition) is 6. The summed E-state index contributed by atoms with van der Waals surface area (Å²) in [7, 11) is 0. The van der Waals surface area contributed by atoms with Crippen molar-refractivity contribution in [3.8, 4) is 10.6 Å². The molecule has 1 aliphatic heterocycles. The van der Waals surface area contributed by atoms with Crippen LogP contribution in [-0.4, -0.2) is 60.2 Å². The average Bonchev–Trinajstić information content (AvgIpc) is 3.11. The summed E-state index contributed by atoms with van der Waals surface area (Å²) in [5.74, 6) is 0.0826. The number of hydrogen-bond donors (Lipinski definition) is 1. The van der Waals surface area contributed by atoms with Crippen LogP contribution in [0.25, 0.3) is 10.6 Å². The van der Waals surface area contributed by atoms with Crippen molar-refractivity contribution in [2.24, 2.45) is 0 Å². The lowest BCUT2D eigenvalue weighted by Gasteiger charge is -2.26. The molecule has 1 fully saturated rings. The van der Waals surface area contributed by atoms with Crippen molar-refractivity contribution in [2.45, 2.75) is 12.8 Å². The highest BCUT2D eigenvalue weighted by molar-refractivity contribution is 7.13. The highest BCUT2D eigenvalue weighted by atomic mass is 32.1. The first-order chi connectivity index (χ1) is 11.8. The fourth-order valence-corrected chi connectivity index (χ4v) is 3.40. The molecule has 1 N–H and O–H groups in total. The first-order valence-electron chi connectivity index (χ1n) is 8.23. The van der Waals surface area contributed by atoms with Crippen LogP contribution in [-0.2, 0) is 16.0 Å². The number of aromatic nitrogens is 2. The van der Waals surface area contributed by atoms with Crippen LogP contribution in [0.2, 0.25) is 0 Å². The number of carbonyl (C=O) groups is 1. The van der Waals surface area contributed by atoms with Crippen molar-refractivity contribution in [3.05, 3.63) is 35.6 Å².